The van der Waals surface area contributed by atoms with Crippen molar-refractivity contribution >= 4 is 33.5 Å². The van der Waals surface area contributed by atoms with Crippen LogP contribution in [-0.4, -0.2) is 9.97 Å². The minimum absolute atomic E-state index is 0.0814. The molecule has 0 bridgehead atoms. The number of nitrogen functional groups attached to an aromatic ring is 1. The Labute approximate surface area is 163 Å². The summed E-state index contributed by atoms with van der Waals surface area (Å²) in [6, 6.07) is 17.4. The minimum Gasteiger partial charge on any atom is -0.383 e. The molecule has 0 atom stereocenters. The lowest BCUT2D eigenvalue weighted by Gasteiger charge is -2.12. The van der Waals surface area contributed by atoms with E-state index in [1.54, 1.807) is 18.2 Å². The van der Waals surface area contributed by atoms with Crippen molar-refractivity contribution in [3.05, 3.63) is 63.8 Å². The van der Waals surface area contributed by atoms with Gasteiger partial charge in [-0.25, -0.2) is 9.97 Å². The van der Waals surface area contributed by atoms with E-state index in [1.807, 2.05) is 31.2 Å². The van der Waals surface area contributed by atoms with E-state index in [2.05, 4.69) is 38.0 Å². The number of rotatable bonds is 3. The Kier molecular flexibility index (Phi) is 5.22. The Bertz CT molecular complexity index is 1070. The first-order valence-corrected chi connectivity index (χ1v) is 9.15. The van der Waals surface area contributed by atoms with Crippen LogP contribution in [0.3, 0.4) is 0 Å². The fourth-order valence-electron chi connectivity index (χ4n) is 2.39. The van der Waals surface area contributed by atoms with Gasteiger partial charge in [-0.1, -0.05) is 35.5 Å². The molecule has 2 heterocycles. The van der Waals surface area contributed by atoms with Gasteiger partial charge in [0, 0.05) is 10.5 Å². The molecule has 0 saturated carbocycles. The molecule has 2 N–H and O–H groups in total. The molecule has 3 rings (SSSR count). The largest absolute Gasteiger partial charge is 0.383 e. The second-order valence-corrected chi connectivity index (χ2v) is 7.29. The third-order valence-electron chi connectivity index (χ3n) is 3.62. The van der Waals surface area contributed by atoms with Crippen molar-refractivity contribution < 1.29 is 0 Å². The molecule has 5 nitrogen and oxygen atoms in total. The summed E-state index contributed by atoms with van der Waals surface area (Å²) >= 11 is 4.65. The molecule has 0 fully saturated rings. The summed E-state index contributed by atoms with van der Waals surface area (Å²) < 4.78 is 0.603. The highest BCUT2D eigenvalue weighted by atomic mass is 79.9. The van der Waals surface area contributed by atoms with E-state index in [0.717, 1.165) is 10.5 Å². The molecule has 0 amide bonds. The molecule has 0 saturated heterocycles. The molecule has 2 aromatic heterocycles. The van der Waals surface area contributed by atoms with Gasteiger partial charge in [0.1, 0.15) is 33.1 Å². The zero-order chi connectivity index (χ0) is 18.7. The summed E-state index contributed by atoms with van der Waals surface area (Å²) in [4.78, 5) is 9.61. The fraction of sp³-hybridized carbons (Fsp3) is 0.0526. The summed E-state index contributed by atoms with van der Waals surface area (Å²) in [6.07, 6.45) is 0. The number of anilines is 1. The zero-order valence-corrected chi connectivity index (χ0v) is 16.1. The van der Waals surface area contributed by atoms with Crippen molar-refractivity contribution in [2.24, 2.45) is 0 Å². The van der Waals surface area contributed by atoms with Crippen LogP contribution in [0.5, 0.6) is 0 Å². The van der Waals surface area contributed by atoms with Gasteiger partial charge in [-0.2, -0.15) is 10.5 Å². The highest BCUT2D eigenvalue weighted by molar-refractivity contribution is 9.10. The normalized spacial score (nSPS) is 10.2. The second kappa shape index (κ2) is 7.57. The van der Waals surface area contributed by atoms with Crippen molar-refractivity contribution in [3.8, 4) is 23.4 Å². The van der Waals surface area contributed by atoms with E-state index < -0.39 is 0 Å². The zero-order valence-electron chi connectivity index (χ0n) is 13.7. The summed E-state index contributed by atoms with van der Waals surface area (Å²) in [5.74, 6) is 0.0814. The number of nitriles is 2. The summed E-state index contributed by atoms with van der Waals surface area (Å²) in [5, 5.41) is 19.8. The number of aryl methyl sites for hydroxylation is 1. The Hall–Kier alpha value is -2.87. The van der Waals surface area contributed by atoms with E-state index in [1.165, 1.54) is 11.8 Å². The van der Waals surface area contributed by atoms with Gasteiger partial charge in [0.15, 0.2) is 0 Å². The number of benzene rings is 1. The van der Waals surface area contributed by atoms with E-state index in [9.17, 15) is 10.5 Å². The van der Waals surface area contributed by atoms with Crippen molar-refractivity contribution in [1.82, 2.24) is 9.97 Å². The Morgan fingerprint density at radius 2 is 1.69 bits per heavy atom. The van der Waals surface area contributed by atoms with Gasteiger partial charge in [0.2, 0.25) is 0 Å². The first-order chi connectivity index (χ1) is 12.5. The molecular formula is C19H12BrN5S. The van der Waals surface area contributed by atoms with Crippen LogP contribution < -0.4 is 5.73 Å². The van der Waals surface area contributed by atoms with E-state index in [0.29, 0.717) is 20.9 Å². The Morgan fingerprint density at radius 3 is 2.31 bits per heavy atom. The van der Waals surface area contributed by atoms with Crippen LogP contribution in [0.25, 0.3) is 11.3 Å². The monoisotopic (exact) mass is 421 g/mol. The number of halogens is 1. The van der Waals surface area contributed by atoms with Crippen LogP contribution in [0, 0.1) is 29.6 Å². The summed E-state index contributed by atoms with van der Waals surface area (Å²) in [7, 11) is 0. The second-order valence-electron chi connectivity index (χ2n) is 5.41. The molecule has 0 aliphatic rings. The van der Waals surface area contributed by atoms with Crippen molar-refractivity contribution in [3.63, 3.8) is 0 Å². The molecule has 0 unspecified atom stereocenters. The minimum atomic E-state index is 0.0814. The molecular weight excluding hydrogens is 410 g/mol. The Morgan fingerprint density at radius 1 is 1.00 bits per heavy atom. The number of hydrogen-bond donors (Lipinski definition) is 1. The number of pyridine rings is 2. The van der Waals surface area contributed by atoms with Crippen molar-refractivity contribution in [1.29, 1.82) is 10.5 Å². The summed E-state index contributed by atoms with van der Waals surface area (Å²) in [5.41, 5.74) is 8.49. The highest BCUT2D eigenvalue weighted by Gasteiger charge is 2.21. The highest BCUT2D eigenvalue weighted by Crippen LogP contribution is 2.37. The summed E-state index contributed by atoms with van der Waals surface area (Å²) in [6.45, 7) is 2.00. The molecule has 0 radical (unpaired) electrons. The van der Waals surface area contributed by atoms with E-state index >= 15 is 0 Å². The van der Waals surface area contributed by atoms with Crippen LogP contribution in [-0.2, 0) is 0 Å². The lowest BCUT2D eigenvalue weighted by molar-refractivity contribution is 1.10. The molecule has 1 aromatic carbocycles. The van der Waals surface area contributed by atoms with Gasteiger partial charge in [-0.05, 0) is 47.1 Å². The molecule has 7 heteroatoms. The van der Waals surface area contributed by atoms with Crippen molar-refractivity contribution in [2.75, 3.05) is 5.73 Å². The number of aromatic nitrogens is 2. The van der Waals surface area contributed by atoms with Crippen LogP contribution >= 0.6 is 27.7 Å². The average molecular weight is 422 g/mol. The van der Waals surface area contributed by atoms with Gasteiger partial charge >= 0.3 is 0 Å². The average Bonchev–Trinajstić information content (AvgIpc) is 2.63. The maximum Gasteiger partial charge on any atom is 0.143 e. The molecule has 0 aliphatic heterocycles. The first-order valence-electron chi connectivity index (χ1n) is 7.54. The first kappa shape index (κ1) is 17.9. The molecule has 0 aliphatic carbocycles. The quantitative estimate of drug-likeness (QED) is 0.615. The van der Waals surface area contributed by atoms with Gasteiger partial charge < -0.3 is 5.73 Å². The van der Waals surface area contributed by atoms with Gasteiger partial charge in [-0.3, -0.25) is 0 Å². The van der Waals surface area contributed by atoms with Gasteiger partial charge in [0.25, 0.3) is 0 Å². The molecule has 0 spiro atoms. The van der Waals surface area contributed by atoms with Gasteiger partial charge in [0.05, 0.1) is 11.3 Å². The standard InChI is InChI=1S/C19H12BrN5S/c1-11-5-7-12(8-6-11)26-19-14(10-22)17(13(9-21)18(23)25-19)15-3-2-4-16(20)24-15/h2-8H,1H3,(H2,23,25). The van der Waals surface area contributed by atoms with Gasteiger partial charge in [-0.15, -0.1) is 0 Å². The number of nitrogens with two attached hydrogens (primary N) is 1. The lowest BCUT2D eigenvalue weighted by Crippen LogP contribution is -2.04. The lowest BCUT2D eigenvalue weighted by atomic mass is 10.0. The smallest absolute Gasteiger partial charge is 0.143 e. The molecule has 3 aromatic rings. The maximum atomic E-state index is 9.77. The third kappa shape index (κ3) is 3.55. The maximum absolute atomic E-state index is 9.77. The van der Waals surface area contributed by atoms with E-state index in [4.69, 9.17) is 5.73 Å². The predicted octanol–water partition coefficient (Wildman–Crippen LogP) is 4.69. The van der Waals surface area contributed by atoms with Crippen LogP contribution in [0.15, 0.2) is 57.0 Å². The Balaban J connectivity index is 2.23. The fourth-order valence-corrected chi connectivity index (χ4v) is 3.63. The van der Waals surface area contributed by atoms with E-state index in [-0.39, 0.29) is 16.9 Å². The predicted molar refractivity (Wildman–Crippen MR) is 104 cm³/mol. The molecule has 26 heavy (non-hydrogen) atoms. The van der Waals surface area contributed by atoms with Crippen molar-refractivity contribution in [2.45, 2.75) is 16.8 Å². The van der Waals surface area contributed by atoms with Crippen LogP contribution in [0.1, 0.15) is 16.7 Å². The third-order valence-corrected chi connectivity index (χ3v) is 5.06. The molecule has 126 valence electrons. The topological polar surface area (TPSA) is 99.4 Å². The SMILES string of the molecule is Cc1ccc(Sc2nc(N)c(C#N)c(-c3cccc(Br)n3)c2C#N)cc1. The number of hydrogen-bond acceptors (Lipinski definition) is 6. The van der Waals surface area contributed by atoms with Crippen LogP contribution in [0.2, 0.25) is 0 Å². The number of nitrogens with zero attached hydrogens (tertiary/aromatic N) is 4. The van der Waals surface area contributed by atoms with Crippen LogP contribution in [0.4, 0.5) is 5.82 Å².